The van der Waals surface area contributed by atoms with Crippen molar-refractivity contribution in [2.24, 2.45) is 0 Å². The number of aromatic nitrogens is 2. The maximum atomic E-state index is 11.5. The van der Waals surface area contributed by atoms with Crippen molar-refractivity contribution < 1.29 is 24.1 Å². The normalized spacial score (nSPS) is 13.7. The van der Waals surface area contributed by atoms with Gasteiger partial charge in [-0.15, -0.1) is 0 Å². The number of carboxylic acids is 1. The minimum absolute atomic E-state index is 0.101. The van der Waals surface area contributed by atoms with E-state index >= 15 is 0 Å². The highest BCUT2D eigenvalue weighted by molar-refractivity contribution is 5.91. The molecule has 166 valence electrons. The first kappa shape index (κ1) is 20.6. The predicted octanol–water partition coefficient (Wildman–Crippen LogP) is 3.44. The number of carbonyl (C=O) groups is 1. The molecule has 0 amide bonds. The molecule has 0 unspecified atom stereocenters. The van der Waals surface area contributed by atoms with E-state index in [0.29, 0.717) is 36.0 Å². The molecule has 7 nitrogen and oxygen atoms in total. The van der Waals surface area contributed by atoms with Gasteiger partial charge in [0.2, 0.25) is 0 Å². The fourth-order valence-electron chi connectivity index (χ4n) is 4.17. The van der Waals surface area contributed by atoms with E-state index in [1.807, 2.05) is 41.0 Å². The van der Waals surface area contributed by atoms with Crippen molar-refractivity contribution >= 4 is 22.6 Å². The van der Waals surface area contributed by atoms with Crippen LogP contribution in [0.1, 0.15) is 27.0 Å². The van der Waals surface area contributed by atoms with E-state index in [1.165, 1.54) is 6.07 Å². The SMILES string of the molecule is COc1cc(OC)c2c(c1)ncn2C/C=C1\c2ccccc2COc2ccc(C(=O)[O-])cc21. The van der Waals surface area contributed by atoms with Crippen LogP contribution in [-0.4, -0.2) is 29.7 Å². The summed E-state index contributed by atoms with van der Waals surface area (Å²) in [6.45, 7) is 0.880. The Balaban J connectivity index is 1.65. The van der Waals surface area contributed by atoms with E-state index in [4.69, 9.17) is 14.2 Å². The molecule has 2 heterocycles. The van der Waals surface area contributed by atoms with Crippen LogP contribution in [0.4, 0.5) is 0 Å². The first-order chi connectivity index (χ1) is 16.1. The topological polar surface area (TPSA) is 85.6 Å². The number of methoxy groups -OCH3 is 2. The van der Waals surface area contributed by atoms with Gasteiger partial charge in [-0.3, -0.25) is 0 Å². The first-order valence-electron chi connectivity index (χ1n) is 10.4. The molecule has 4 aromatic rings. The molecule has 5 rings (SSSR count). The van der Waals surface area contributed by atoms with Gasteiger partial charge in [-0.05, 0) is 40.5 Å². The van der Waals surface area contributed by atoms with Crippen LogP contribution in [0.15, 0.2) is 67.0 Å². The van der Waals surface area contributed by atoms with Gasteiger partial charge in [-0.2, -0.15) is 0 Å². The molecule has 1 aromatic heterocycles. The van der Waals surface area contributed by atoms with Crippen LogP contribution >= 0.6 is 0 Å². The van der Waals surface area contributed by atoms with Gasteiger partial charge < -0.3 is 28.7 Å². The van der Waals surface area contributed by atoms with Crippen molar-refractivity contribution in [3.05, 3.63) is 89.3 Å². The fraction of sp³-hybridized carbons (Fsp3) is 0.154. The van der Waals surface area contributed by atoms with Crippen LogP contribution in [0, 0.1) is 0 Å². The Morgan fingerprint density at radius 2 is 1.97 bits per heavy atom. The lowest BCUT2D eigenvalue weighted by Gasteiger charge is -2.14. The zero-order chi connectivity index (χ0) is 22.9. The maximum Gasteiger partial charge on any atom is 0.148 e. The highest BCUT2D eigenvalue weighted by Gasteiger charge is 2.20. The van der Waals surface area contributed by atoms with Gasteiger partial charge >= 0.3 is 0 Å². The van der Waals surface area contributed by atoms with Crippen LogP contribution in [-0.2, 0) is 13.2 Å². The second-order valence-corrected chi connectivity index (χ2v) is 7.66. The Labute approximate surface area is 190 Å². The van der Waals surface area contributed by atoms with Crippen molar-refractivity contribution in [1.82, 2.24) is 9.55 Å². The molecular formula is C26H21N2O5-. The van der Waals surface area contributed by atoms with E-state index in [1.54, 1.807) is 32.7 Å². The van der Waals surface area contributed by atoms with E-state index in [2.05, 4.69) is 11.1 Å². The van der Waals surface area contributed by atoms with Crippen LogP contribution in [0.2, 0.25) is 0 Å². The minimum atomic E-state index is -1.23. The number of nitrogens with zero attached hydrogens (tertiary/aromatic N) is 2. The molecule has 0 bridgehead atoms. The molecule has 1 aliphatic rings. The highest BCUT2D eigenvalue weighted by atomic mass is 16.5. The summed E-state index contributed by atoms with van der Waals surface area (Å²) in [6, 6.07) is 16.4. The zero-order valence-corrected chi connectivity index (χ0v) is 18.2. The summed E-state index contributed by atoms with van der Waals surface area (Å²) >= 11 is 0. The van der Waals surface area contributed by atoms with Gasteiger partial charge in [0.1, 0.15) is 29.4 Å². The van der Waals surface area contributed by atoms with E-state index in [-0.39, 0.29) is 5.56 Å². The monoisotopic (exact) mass is 441 g/mol. The second-order valence-electron chi connectivity index (χ2n) is 7.66. The molecule has 0 radical (unpaired) electrons. The number of allylic oxidation sites excluding steroid dienone is 1. The van der Waals surface area contributed by atoms with Gasteiger partial charge in [-0.25, -0.2) is 4.98 Å². The number of fused-ring (bicyclic) bond motifs is 3. The number of hydrogen-bond donors (Lipinski definition) is 0. The average molecular weight is 441 g/mol. The predicted molar refractivity (Wildman–Crippen MR) is 121 cm³/mol. The minimum Gasteiger partial charge on any atom is -0.545 e. The number of carbonyl (C=O) groups excluding carboxylic acids is 1. The molecule has 7 heteroatoms. The maximum absolute atomic E-state index is 11.5. The first-order valence-corrected chi connectivity index (χ1v) is 10.4. The Morgan fingerprint density at radius 1 is 1.12 bits per heavy atom. The number of carboxylic acid groups (broad SMARTS) is 1. The lowest BCUT2D eigenvalue weighted by molar-refractivity contribution is -0.255. The Morgan fingerprint density at radius 3 is 2.76 bits per heavy atom. The smallest absolute Gasteiger partial charge is 0.148 e. The standard InChI is InChI=1S/C26H22N2O5/c1-31-18-12-22-25(24(13-18)32-2)28(15-27-22)10-9-20-19-6-4-3-5-17(19)14-33-23-8-7-16(26(29)30)11-21(20)23/h3-9,11-13,15H,10,14H2,1-2H3,(H,29,30)/p-1/b20-9+. The van der Waals surface area contributed by atoms with Gasteiger partial charge in [0.15, 0.2) is 0 Å². The van der Waals surface area contributed by atoms with Gasteiger partial charge in [0.25, 0.3) is 0 Å². The van der Waals surface area contributed by atoms with Crippen LogP contribution < -0.4 is 19.3 Å². The molecule has 0 aliphatic carbocycles. The summed E-state index contributed by atoms with van der Waals surface area (Å²) in [5, 5.41) is 11.5. The third-order valence-electron chi connectivity index (χ3n) is 5.80. The van der Waals surface area contributed by atoms with E-state index < -0.39 is 5.97 Å². The van der Waals surface area contributed by atoms with Crippen LogP contribution in [0.5, 0.6) is 17.2 Å². The van der Waals surface area contributed by atoms with E-state index in [0.717, 1.165) is 27.7 Å². The van der Waals surface area contributed by atoms with Crippen molar-refractivity contribution in [1.29, 1.82) is 0 Å². The van der Waals surface area contributed by atoms with Crippen molar-refractivity contribution in [3.8, 4) is 17.2 Å². The summed E-state index contributed by atoms with van der Waals surface area (Å²) < 4.78 is 18.9. The summed E-state index contributed by atoms with van der Waals surface area (Å²) in [7, 11) is 3.21. The third kappa shape index (κ3) is 3.67. The Hall–Kier alpha value is -4.26. The molecule has 0 N–H and O–H groups in total. The molecule has 1 aliphatic heterocycles. The number of rotatable bonds is 5. The Kier molecular flexibility index (Phi) is 5.22. The number of hydrogen-bond acceptors (Lipinski definition) is 6. The van der Waals surface area contributed by atoms with Gasteiger partial charge in [0, 0.05) is 24.2 Å². The molecule has 0 spiro atoms. The molecule has 0 saturated heterocycles. The Bertz CT molecular complexity index is 1400. The zero-order valence-electron chi connectivity index (χ0n) is 18.2. The quantitative estimate of drug-likeness (QED) is 0.472. The summed E-state index contributed by atoms with van der Waals surface area (Å²) in [4.78, 5) is 16.0. The lowest BCUT2D eigenvalue weighted by Crippen LogP contribution is -2.22. The molecule has 0 atom stereocenters. The van der Waals surface area contributed by atoms with Gasteiger partial charge in [-0.1, -0.05) is 30.3 Å². The summed E-state index contributed by atoms with van der Waals surface area (Å²) in [5.41, 5.74) is 5.31. The number of aromatic carboxylic acids is 1. The molecule has 33 heavy (non-hydrogen) atoms. The lowest BCUT2D eigenvalue weighted by atomic mass is 9.93. The third-order valence-corrected chi connectivity index (χ3v) is 5.80. The number of ether oxygens (including phenoxy) is 3. The fourth-order valence-corrected chi connectivity index (χ4v) is 4.17. The molecular weight excluding hydrogens is 420 g/mol. The molecule has 0 saturated carbocycles. The van der Waals surface area contributed by atoms with Crippen molar-refractivity contribution in [2.75, 3.05) is 14.2 Å². The molecule has 3 aromatic carbocycles. The van der Waals surface area contributed by atoms with Crippen molar-refractivity contribution in [3.63, 3.8) is 0 Å². The summed E-state index contributed by atoms with van der Waals surface area (Å²) in [6.07, 6.45) is 3.80. The number of imidazole rings is 1. The number of benzene rings is 3. The highest BCUT2D eigenvalue weighted by Crippen LogP contribution is 2.38. The van der Waals surface area contributed by atoms with E-state index in [9.17, 15) is 9.90 Å². The average Bonchev–Trinajstić information content (AvgIpc) is 3.18. The van der Waals surface area contributed by atoms with Crippen molar-refractivity contribution in [2.45, 2.75) is 13.2 Å². The van der Waals surface area contributed by atoms with Crippen LogP contribution in [0.25, 0.3) is 16.6 Å². The van der Waals surface area contributed by atoms with Gasteiger partial charge in [0.05, 0.1) is 32.0 Å². The second kappa shape index (κ2) is 8.35. The van der Waals surface area contributed by atoms with Crippen LogP contribution in [0.3, 0.4) is 0 Å². The summed E-state index contributed by atoms with van der Waals surface area (Å²) in [5.74, 6) is 0.722. The molecule has 0 fully saturated rings. The largest absolute Gasteiger partial charge is 0.545 e.